The van der Waals surface area contributed by atoms with Gasteiger partial charge in [0.2, 0.25) is 11.0 Å². The van der Waals surface area contributed by atoms with E-state index >= 15 is 0 Å². The van der Waals surface area contributed by atoms with Crippen molar-refractivity contribution in [2.75, 3.05) is 18.4 Å². The lowest BCUT2D eigenvalue weighted by atomic mass is 9.92. The summed E-state index contributed by atoms with van der Waals surface area (Å²) in [6.07, 6.45) is 3.24. The van der Waals surface area contributed by atoms with Gasteiger partial charge in [-0.2, -0.15) is 0 Å². The van der Waals surface area contributed by atoms with Crippen LogP contribution in [-0.4, -0.2) is 33.8 Å². The van der Waals surface area contributed by atoms with Crippen LogP contribution in [0.3, 0.4) is 0 Å². The average molecular weight is 239 g/mol. The Morgan fingerprint density at radius 2 is 2.31 bits per heavy atom. The summed E-state index contributed by atoms with van der Waals surface area (Å²) in [6.45, 7) is 2.06. The van der Waals surface area contributed by atoms with Crippen molar-refractivity contribution in [3.05, 3.63) is 0 Å². The zero-order valence-electron chi connectivity index (χ0n) is 8.77. The molecule has 1 aromatic rings. The Morgan fingerprint density at radius 1 is 1.50 bits per heavy atom. The van der Waals surface area contributed by atoms with E-state index in [9.17, 15) is 4.79 Å². The van der Waals surface area contributed by atoms with Gasteiger partial charge in [-0.15, -0.1) is 0 Å². The molecule has 2 aliphatic rings. The van der Waals surface area contributed by atoms with Gasteiger partial charge in [-0.3, -0.25) is 10.1 Å². The molecule has 86 valence electrons. The fourth-order valence-corrected chi connectivity index (χ4v) is 2.94. The number of hydrogen-bond donors (Lipinski definition) is 2. The van der Waals surface area contributed by atoms with Crippen molar-refractivity contribution >= 4 is 22.6 Å². The molecular weight excluding hydrogens is 226 g/mol. The van der Waals surface area contributed by atoms with Gasteiger partial charge in [0.25, 0.3) is 0 Å². The maximum Gasteiger partial charge on any atom is 0.231 e. The molecule has 0 aromatic carbocycles. The molecule has 1 spiro atoms. The third-order valence-electron chi connectivity index (χ3n) is 3.64. The number of anilines is 1. The summed E-state index contributed by atoms with van der Waals surface area (Å²) in [5.41, 5.74) is 0.271. The van der Waals surface area contributed by atoms with Crippen LogP contribution in [0.25, 0.3) is 0 Å². The molecule has 2 N–H and O–H groups in total. The smallest absolute Gasteiger partial charge is 0.231 e. The highest BCUT2D eigenvalue weighted by Crippen LogP contribution is 2.58. The molecule has 16 heavy (non-hydrogen) atoms. The summed E-state index contributed by atoms with van der Waals surface area (Å²) < 4.78 is 3.61. The predicted octanol–water partition coefficient (Wildman–Crippen LogP) is 0.261. The molecule has 2 fully saturated rings. The SMILES string of the molecule is O=C(Nc1nnns1)C1CC12CCNCC2. The highest BCUT2D eigenvalue weighted by Gasteiger charge is 2.57. The first-order valence-electron chi connectivity index (χ1n) is 5.47. The molecule has 7 heteroatoms. The number of aromatic nitrogens is 3. The van der Waals surface area contributed by atoms with Gasteiger partial charge < -0.3 is 5.32 Å². The van der Waals surface area contributed by atoms with Gasteiger partial charge in [-0.1, -0.05) is 9.59 Å². The summed E-state index contributed by atoms with van der Waals surface area (Å²) in [6, 6.07) is 0. The van der Waals surface area contributed by atoms with Crippen LogP contribution in [0.1, 0.15) is 19.3 Å². The van der Waals surface area contributed by atoms with Crippen molar-refractivity contribution < 1.29 is 4.79 Å². The van der Waals surface area contributed by atoms with Crippen molar-refractivity contribution in [3.8, 4) is 0 Å². The van der Waals surface area contributed by atoms with E-state index in [1.165, 1.54) is 0 Å². The minimum Gasteiger partial charge on any atom is -0.317 e. The van der Waals surface area contributed by atoms with Crippen LogP contribution < -0.4 is 10.6 Å². The van der Waals surface area contributed by atoms with Crippen molar-refractivity contribution in [2.45, 2.75) is 19.3 Å². The number of carbonyl (C=O) groups excluding carboxylic acids is 1. The molecule has 1 saturated carbocycles. The van der Waals surface area contributed by atoms with Crippen LogP contribution in [0.15, 0.2) is 0 Å². The van der Waals surface area contributed by atoms with Crippen LogP contribution in [0, 0.1) is 11.3 Å². The lowest BCUT2D eigenvalue weighted by Gasteiger charge is -2.22. The average Bonchev–Trinajstić information content (AvgIpc) is 2.76. The quantitative estimate of drug-likeness (QED) is 0.774. The Hall–Kier alpha value is -1.08. The first kappa shape index (κ1) is 10.1. The lowest BCUT2D eigenvalue weighted by molar-refractivity contribution is -0.118. The van der Waals surface area contributed by atoms with Gasteiger partial charge in [-0.25, -0.2) is 0 Å². The van der Waals surface area contributed by atoms with Crippen LogP contribution in [0.4, 0.5) is 5.13 Å². The van der Waals surface area contributed by atoms with Gasteiger partial charge in [0, 0.05) is 17.5 Å². The van der Waals surface area contributed by atoms with Crippen LogP contribution in [0.5, 0.6) is 0 Å². The Bertz CT molecular complexity index is 387. The summed E-state index contributed by atoms with van der Waals surface area (Å²) in [7, 11) is 0. The Balaban J connectivity index is 1.61. The second kappa shape index (κ2) is 3.74. The predicted molar refractivity (Wildman–Crippen MR) is 59.0 cm³/mol. The molecule has 2 heterocycles. The molecule has 1 amide bonds. The maximum absolute atomic E-state index is 11.9. The minimum absolute atomic E-state index is 0.0838. The third-order valence-corrected chi connectivity index (χ3v) is 4.15. The van der Waals surface area contributed by atoms with Gasteiger partial charge in [0.1, 0.15) is 0 Å². The second-order valence-corrected chi connectivity index (χ2v) is 5.26. The van der Waals surface area contributed by atoms with E-state index in [4.69, 9.17) is 0 Å². The zero-order valence-corrected chi connectivity index (χ0v) is 9.59. The lowest BCUT2D eigenvalue weighted by Crippen LogP contribution is -2.31. The highest BCUT2D eigenvalue weighted by atomic mass is 32.1. The fourth-order valence-electron chi connectivity index (χ4n) is 2.57. The number of nitrogens with zero attached hydrogens (tertiary/aromatic N) is 3. The topological polar surface area (TPSA) is 79.8 Å². The zero-order chi connectivity index (χ0) is 11.0. The van der Waals surface area contributed by atoms with Gasteiger partial charge in [-0.05, 0) is 43.0 Å². The second-order valence-electron chi connectivity index (χ2n) is 4.53. The van der Waals surface area contributed by atoms with Crippen molar-refractivity contribution in [3.63, 3.8) is 0 Å². The largest absolute Gasteiger partial charge is 0.317 e. The maximum atomic E-state index is 11.9. The van der Waals surface area contributed by atoms with Crippen LogP contribution in [-0.2, 0) is 4.79 Å². The molecule has 0 bridgehead atoms. The number of amides is 1. The van der Waals surface area contributed by atoms with E-state index < -0.39 is 0 Å². The first-order chi connectivity index (χ1) is 7.80. The van der Waals surface area contributed by atoms with Gasteiger partial charge >= 0.3 is 0 Å². The molecule has 1 unspecified atom stereocenters. The van der Waals surface area contributed by atoms with E-state index in [1.807, 2.05) is 0 Å². The van der Waals surface area contributed by atoms with E-state index in [0.29, 0.717) is 5.13 Å². The molecule has 6 nitrogen and oxygen atoms in total. The number of nitrogens with one attached hydrogen (secondary N) is 2. The minimum atomic E-state index is 0.0838. The number of rotatable bonds is 2. The molecule has 1 saturated heterocycles. The Morgan fingerprint density at radius 3 is 3.00 bits per heavy atom. The highest BCUT2D eigenvalue weighted by molar-refractivity contribution is 7.09. The first-order valence-corrected chi connectivity index (χ1v) is 6.24. The van der Waals surface area contributed by atoms with E-state index in [2.05, 4.69) is 25.4 Å². The van der Waals surface area contributed by atoms with Gasteiger partial charge in [0.15, 0.2) is 0 Å². The molecule has 3 rings (SSSR count). The summed E-state index contributed by atoms with van der Waals surface area (Å²) >= 11 is 1.12. The normalized spacial score (nSPS) is 26.6. The van der Waals surface area contributed by atoms with E-state index in [-0.39, 0.29) is 17.2 Å². The Labute approximate surface area is 97.0 Å². The summed E-state index contributed by atoms with van der Waals surface area (Å²) in [5.74, 6) is 0.249. The molecular formula is C9H13N5OS. The van der Waals surface area contributed by atoms with E-state index in [0.717, 1.165) is 43.9 Å². The third kappa shape index (κ3) is 1.69. The molecule has 1 aliphatic carbocycles. The molecule has 0 radical (unpaired) electrons. The molecule has 1 aromatic heterocycles. The standard InChI is InChI=1S/C9H13N5OS/c15-7(11-8-12-13-14-16-8)6-5-9(6)1-3-10-4-2-9/h6,10H,1-5H2,(H,11,12,14,15). The van der Waals surface area contributed by atoms with Crippen LogP contribution in [0.2, 0.25) is 0 Å². The number of hydrogen-bond acceptors (Lipinski definition) is 6. The molecule has 1 atom stereocenters. The number of carbonyl (C=O) groups is 1. The van der Waals surface area contributed by atoms with Crippen LogP contribution >= 0.6 is 11.5 Å². The van der Waals surface area contributed by atoms with Crippen molar-refractivity contribution in [2.24, 2.45) is 11.3 Å². The number of piperidine rings is 1. The fraction of sp³-hybridized carbons (Fsp3) is 0.778. The Kier molecular flexibility index (Phi) is 2.36. The summed E-state index contributed by atoms with van der Waals surface area (Å²) in [4.78, 5) is 11.9. The monoisotopic (exact) mass is 239 g/mol. The van der Waals surface area contributed by atoms with Crippen molar-refractivity contribution in [1.82, 2.24) is 20.1 Å². The van der Waals surface area contributed by atoms with Crippen molar-refractivity contribution in [1.29, 1.82) is 0 Å². The summed E-state index contributed by atoms with van der Waals surface area (Å²) in [5, 5.41) is 13.8. The molecule has 1 aliphatic heterocycles. The van der Waals surface area contributed by atoms with Gasteiger partial charge in [0.05, 0.1) is 0 Å². The van der Waals surface area contributed by atoms with E-state index in [1.54, 1.807) is 0 Å².